The van der Waals surface area contributed by atoms with Crippen molar-refractivity contribution >= 4 is 18.2 Å². The number of cyclic esters (lactones) is 1. The second-order valence-electron chi connectivity index (χ2n) is 4.35. The van der Waals surface area contributed by atoms with E-state index in [9.17, 15) is 9.59 Å². The molecule has 0 saturated carbocycles. The Morgan fingerprint density at radius 1 is 1.53 bits per heavy atom. The van der Waals surface area contributed by atoms with Gasteiger partial charge in [-0.15, -0.1) is 0 Å². The predicted molar refractivity (Wildman–Crippen MR) is 60.6 cm³/mol. The van der Waals surface area contributed by atoms with Crippen LogP contribution in [0.25, 0.3) is 0 Å². The summed E-state index contributed by atoms with van der Waals surface area (Å²) >= 11 is 0. The highest BCUT2D eigenvalue weighted by Gasteiger charge is 2.42. The van der Waals surface area contributed by atoms with E-state index in [1.165, 1.54) is 16.0 Å². The topological polar surface area (TPSA) is 73.7 Å². The largest absolute Gasteiger partial charge is 0.443 e. The van der Waals surface area contributed by atoms with E-state index < -0.39 is 12.1 Å². The van der Waals surface area contributed by atoms with E-state index in [-0.39, 0.29) is 18.4 Å². The van der Waals surface area contributed by atoms with Gasteiger partial charge in [-0.2, -0.15) is 0 Å². The van der Waals surface area contributed by atoms with E-state index in [0.717, 1.165) is 0 Å². The van der Waals surface area contributed by atoms with Gasteiger partial charge in [0, 0.05) is 25.7 Å². The number of amides is 2. The van der Waals surface area contributed by atoms with Gasteiger partial charge in [0.1, 0.15) is 12.6 Å². The minimum absolute atomic E-state index is 0.0273. The molecule has 2 fully saturated rings. The number of hydrogen-bond donors (Lipinski definition) is 1. The maximum Gasteiger partial charge on any atom is 0.410 e. The van der Waals surface area contributed by atoms with Crippen molar-refractivity contribution in [2.24, 2.45) is 5.92 Å². The Labute approximate surface area is 99.3 Å². The summed E-state index contributed by atoms with van der Waals surface area (Å²) in [6, 6.07) is -0.531. The molecule has 2 saturated heterocycles. The van der Waals surface area contributed by atoms with Crippen LogP contribution in [0.3, 0.4) is 0 Å². The van der Waals surface area contributed by atoms with Crippen molar-refractivity contribution in [1.82, 2.24) is 9.80 Å². The highest BCUT2D eigenvalue weighted by molar-refractivity contribution is 5.88. The van der Waals surface area contributed by atoms with Crippen molar-refractivity contribution in [3.05, 3.63) is 12.3 Å². The number of fused-ring (bicyclic) bond motifs is 1. The minimum atomic E-state index is -0.531. The Kier molecular flexibility index (Phi) is 2.87. The number of nitrogens with one attached hydrogen (secondary N) is 1. The van der Waals surface area contributed by atoms with Gasteiger partial charge in [0.05, 0.1) is 5.70 Å². The van der Waals surface area contributed by atoms with Gasteiger partial charge in [0.2, 0.25) is 5.91 Å². The van der Waals surface area contributed by atoms with Gasteiger partial charge in [-0.25, -0.2) is 4.79 Å². The summed E-state index contributed by atoms with van der Waals surface area (Å²) in [6.07, 6.45) is 1.26. The monoisotopic (exact) mass is 237 g/mol. The van der Waals surface area contributed by atoms with E-state index in [0.29, 0.717) is 18.7 Å². The molecule has 2 aliphatic heterocycles. The molecule has 0 aromatic heterocycles. The first-order chi connectivity index (χ1) is 8.04. The molecule has 0 aliphatic carbocycles. The normalized spacial score (nSPS) is 29.6. The molecule has 2 atom stereocenters. The second-order valence-corrected chi connectivity index (χ2v) is 4.35. The van der Waals surface area contributed by atoms with Gasteiger partial charge < -0.3 is 15.0 Å². The SMILES string of the molecule is C=C1COC(=O)N2CC(C=N)CC2C(=O)N1C. The average molecular weight is 237 g/mol. The summed E-state index contributed by atoms with van der Waals surface area (Å²) < 4.78 is 5.04. The van der Waals surface area contributed by atoms with Crippen LogP contribution in [-0.2, 0) is 9.53 Å². The van der Waals surface area contributed by atoms with Crippen LogP contribution in [0.1, 0.15) is 6.42 Å². The van der Waals surface area contributed by atoms with Crippen LogP contribution in [0.15, 0.2) is 12.3 Å². The molecule has 0 aromatic rings. The standard InChI is InChI=1S/C11H15N3O3/c1-7-6-17-11(16)14-5-8(4-12)3-9(14)10(15)13(7)2/h4,8-9,12H,1,3,5-6H2,2H3. The first-order valence-corrected chi connectivity index (χ1v) is 5.44. The number of hydrogen-bond acceptors (Lipinski definition) is 4. The van der Waals surface area contributed by atoms with E-state index in [1.54, 1.807) is 7.05 Å². The van der Waals surface area contributed by atoms with Crippen molar-refractivity contribution in [2.75, 3.05) is 20.2 Å². The Morgan fingerprint density at radius 2 is 2.24 bits per heavy atom. The van der Waals surface area contributed by atoms with Crippen LogP contribution in [0, 0.1) is 11.3 Å². The third kappa shape index (κ3) is 1.90. The molecule has 17 heavy (non-hydrogen) atoms. The molecule has 0 radical (unpaired) electrons. The maximum absolute atomic E-state index is 12.1. The van der Waals surface area contributed by atoms with E-state index in [2.05, 4.69) is 6.58 Å². The number of ether oxygens (including phenoxy) is 1. The van der Waals surface area contributed by atoms with E-state index in [1.807, 2.05) is 0 Å². The Hall–Kier alpha value is -1.85. The molecule has 2 unspecified atom stereocenters. The number of carbonyl (C=O) groups is 2. The molecule has 2 amide bonds. The van der Waals surface area contributed by atoms with Crippen LogP contribution >= 0.6 is 0 Å². The summed E-state index contributed by atoms with van der Waals surface area (Å²) in [7, 11) is 1.62. The van der Waals surface area contributed by atoms with Crippen LogP contribution in [0.2, 0.25) is 0 Å². The summed E-state index contributed by atoms with van der Waals surface area (Å²) in [5, 5.41) is 7.24. The lowest BCUT2D eigenvalue weighted by Crippen LogP contribution is -2.49. The molecular formula is C11H15N3O3. The molecule has 2 heterocycles. The maximum atomic E-state index is 12.1. The molecule has 6 heteroatoms. The number of carbonyl (C=O) groups excluding carboxylic acids is 2. The van der Waals surface area contributed by atoms with Crippen molar-refractivity contribution < 1.29 is 14.3 Å². The molecule has 1 N–H and O–H groups in total. The third-order valence-electron chi connectivity index (χ3n) is 3.26. The Morgan fingerprint density at radius 3 is 2.88 bits per heavy atom. The van der Waals surface area contributed by atoms with Crippen molar-refractivity contribution in [3.8, 4) is 0 Å². The smallest absolute Gasteiger partial charge is 0.410 e. The van der Waals surface area contributed by atoms with Gasteiger partial charge in [-0.3, -0.25) is 9.69 Å². The predicted octanol–water partition coefficient (Wildman–Crippen LogP) is 0.449. The fourth-order valence-electron chi connectivity index (χ4n) is 2.13. The fourth-order valence-corrected chi connectivity index (χ4v) is 2.13. The number of likely N-dealkylation sites (N-methyl/N-ethyl adjacent to an activating group) is 1. The molecule has 2 aliphatic rings. The highest BCUT2D eigenvalue weighted by atomic mass is 16.6. The summed E-state index contributed by atoms with van der Waals surface area (Å²) in [6.45, 7) is 4.10. The lowest BCUT2D eigenvalue weighted by Gasteiger charge is -2.31. The Bertz CT molecular complexity index is 393. The fraction of sp³-hybridized carbons (Fsp3) is 0.545. The van der Waals surface area contributed by atoms with Gasteiger partial charge in [0.15, 0.2) is 0 Å². The number of nitrogens with zero attached hydrogens (tertiary/aromatic N) is 2. The first-order valence-electron chi connectivity index (χ1n) is 5.44. The molecule has 0 bridgehead atoms. The van der Waals surface area contributed by atoms with Crippen LogP contribution in [-0.4, -0.2) is 54.3 Å². The summed E-state index contributed by atoms with van der Waals surface area (Å²) in [4.78, 5) is 26.7. The van der Waals surface area contributed by atoms with Gasteiger partial charge in [-0.1, -0.05) is 6.58 Å². The summed E-state index contributed by atoms with van der Waals surface area (Å²) in [5.74, 6) is -0.229. The molecule has 2 rings (SSSR count). The van der Waals surface area contributed by atoms with E-state index >= 15 is 0 Å². The van der Waals surface area contributed by atoms with E-state index in [4.69, 9.17) is 10.1 Å². The molecular weight excluding hydrogens is 222 g/mol. The van der Waals surface area contributed by atoms with Gasteiger partial charge in [-0.05, 0) is 6.42 Å². The zero-order chi connectivity index (χ0) is 12.6. The molecule has 0 aromatic carbocycles. The average Bonchev–Trinajstić information content (AvgIpc) is 2.76. The molecule has 6 nitrogen and oxygen atoms in total. The van der Waals surface area contributed by atoms with Gasteiger partial charge >= 0.3 is 6.09 Å². The van der Waals surface area contributed by atoms with Crippen LogP contribution in [0.4, 0.5) is 4.79 Å². The second kappa shape index (κ2) is 4.20. The quantitative estimate of drug-likeness (QED) is 0.673. The Balaban J connectivity index is 2.27. The van der Waals surface area contributed by atoms with Crippen molar-refractivity contribution in [3.63, 3.8) is 0 Å². The number of rotatable bonds is 1. The van der Waals surface area contributed by atoms with Crippen molar-refractivity contribution in [2.45, 2.75) is 12.5 Å². The first kappa shape index (κ1) is 11.6. The van der Waals surface area contributed by atoms with Gasteiger partial charge in [0.25, 0.3) is 0 Å². The minimum Gasteiger partial charge on any atom is -0.443 e. The molecule has 92 valence electrons. The zero-order valence-corrected chi connectivity index (χ0v) is 9.68. The summed E-state index contributed by atoms with van der Waals surface area (Å²) in [5.41, 5.74) is 0.473. The van der Waals surface area contributed by atoms with Crippen molar-refractivity contribution in [1.29, 1.82) is 5.41 Å². The van der Waals surface area contributed by atoms with Crippen LogP contribution < -0.4 is 0 Å². The third-order valence-corrected chi connectivity index (χ3v) is 3.26. The highest BCUT2D eigenvalue weighted by Crippen LogP contribution is 2.26. The molecule has 0 spiro atoms. The zero-order valence-electron chi connectivity index (χ0n) is 9.68. The van der Waals surface area contributed by atoms with Crippen LogP contribution in [0.5, 0.6) is 0 Å². The lowest BCUT2D eigenvalue weighted by molar-refractivity contribution is -0.133. The lowest BCUT2D eigenvalue weighted by atomic mass is 10.1.